The molecular weight excluding hydrogens is 332 g/mol. The number of aromatic nitrogens is 3. The van der Waals surface area contributed by atoms with Crippen LogP contribution in [0.3, 0.4) is 0 Å². The Morgan fingerprint density at radius 1 is 1.23 bits per heavy atom. The maximum absolute atomic E-state index is 12.5. The van der Waals surface area contributed by atoms with Crippen molar-refractivity contribution in [3.8, 4) is 11.5 Å². The van der Waals surface area contributed by atoms with Crippen LogP contribution < -0.4 is 15.0 Å². The molecule has 3 aromatic rings. The number of methoxy groups -OCH3 is 2. The summed E-state index contributed by atoms with van der Waals surface area (Å²) in [4.78, 5) is 22.4. The topological polar surface area (TPSA) is 72.4 Å². The summed E-state index contributed by atoms with van der Waals surface area (Å²) in [7, 11) is 3.12. The molecule has 7 heteroatoms. The molecule has 136 valence electrons. The summed E-state index contributed by atoms with van der Waals surface area (Å²) in [6, 6.07) is 7.90. The number of H-pyrrole nitrogens is 1. The van der Waals surface area contributed by atoms with Gasteiger partial charge in [0.2, 0.25) is 0 Å². The van der Waals surface area contributed by atoms with Crippen molar-refractivity contribution >= 4 is 10.9 Å². The van der Waals surface area contributed by atoms with Crippen LogP contribution in [0.1, 0.15) is 24.5 Å². The van der Waals surface area contributed by atoms with Gasteiger partial charge in [0.15, 0.2) is 11.5 Å². The lowest BCUT2D eigenvalue weighted by Crippen LogP contribution is -2.36. The molecule has 2 aromatic heterocycles. The minimum absolute atomic E-state index is 0.168. The van der Waals surface area contributed by atoms with Crippen LogP contribution in [0.25, 0.3) is 10.9 Å². The summed E-state index contributed by atoms with van der Waals surface area (Å²) in [5.74, 6) is 1.74. The maximum Gasteiger partial charge on any atom is 0.258 e. The van der Waals surface area contributed by atoms with Gasteiger partial charge >= 0.3 is 0 Å². The summed E-state index contributed by atoms with van der Waals surface area (Å²) in [6.45, 7) is 4.62. The number of fused-ring (bicyclic) bond motifs is 2. The summed E-state index contributed by atoms with van der Waals surface area (Å²) < 4.78 is 12.9. The summed E-state index contributed by atoms with van der Waals surface area (Å²) in [5, 5.41) is 0.493. The fraction of sp³-hybridized carbons (Fsp3) is 0.368. The Morgan fingerprint density at radius 2 is 2.00 bits per heavy atom. The van der Waals surface area contributed by atoms with Gasteiger partial charge in [0.25, 0.3) is 5.56 Å². The van der Waals surface area contributed by atoms with Gasteiger partial charge < -0.3 is 19.0 Å². The minimum Gasteiger partial charge on any atom is -0.493 e. The molecule has 4 rings (SSSR count). The van der Waals surface area contributed by atoms with Crippen LogP contribution in [0.5, 0.6) is 11.5 Å². The van der Waals surface area contributed by atoms with Crippen molar-refractivity contribution in [2.45, 2.75) is 26.1 Å². The Labute approximate surface area is 151 Å². The Hall–Kier alpha value is -2.80. The van der Waals surface area contributed by atoms with Gasteiger partial charge in [-0.25, -0.2) is 4.98 Å². The van der Waals surface area contributed by atoms with E-state index < -0.39 is 0 Å². The van der Waals surface area contributed by atoms with Crippen LogP contribution in [-0.2, 0) is 13.1 Å². The molecule has 1 atom stereocenters. The Morgan fingerprint density at radius 3 is 2.77 bits per heavy atom. The van der Waals surface area contributed by atoms with Gasteiger partial charge in [0.05, 0.1) is 31.7 Å². The molecule has 0 radical (unpaired) electrons. The highest BCUT2D eigenvalue weighted by Gasteiger charge is 2.24. The van der Waals surface area contributed by atoms with E-state index in [2.05, 4.69) is 44.7 Å². The average Bonchev–Trinajstić information content (AvgIpc) is 3.12. The Balaban J connectivity index is 1.68. The van der Waals surface area contributed by atoms with Crippen LogP contribution >= 0.6 is 0 Å². The highest BCUT2D eigenvalue weighted by atomic mass is 16.5. The van der Waals surface area contributed by atoms with Gasteiger partial charge in [-0.05, 0) is 25.1 Å². The zero-order valence-electron chi connectivity index (χ0n) is 15.2. The SMILES string of the molecule is COc1cc2nc(CN3CCn4cccc4[C@@H]3C)[nH]c(=O)c2cc1OC. The van der Waals surface area contributed by atoms with E-state index in [1.807, 2.05) is 0 Å². The van der Waals surface area contributed by atoms with Gasteiger partial charge in [0.1, 0.15) is 5.82 Å². The van der Waals surface area contributed by atoms with E-state index >= 15 is 0 Å². The highest BCUT2D eigenvalue weighted by Crippen LogP contribution is 2.30. The molecule has 0 spiro atoms. The summed E-state index contributed by atoms with van der Waals surface area (Å²) in [6.07, 6.45) is 2.11. The lowest BCUT2D eigenvalue weighted by molar-refractivity contribution is 0.157. The van der Waals surface area contributed by atoms with Crippen molar-refractivity contribution in [3.63, 3.8) is 0 Å². The molecule has 1 aromatic carbocycles. The minimum atomic E-state index is -0.168. The number of rotatable bonds is 4. The number of benzene rings is 1. The first kappa shape index (κ1) is 16.7. The molecule has 7 nitrogen and oxygen atoms in total. The van der Waals surface area contributed by atoms with Crippen LogP contribution in [0.2, 0.25) is 0 Å². The molecule has 1 N–H and O–H groups in total. The smallest absolute Gasteiger partial charge is 0.258 e. The summed E-state index contributed by atoms with van der Waals surface area (Å²) >= 11 is 0. The summed E-state index contributed by atoms with van der Waals surface area (Å²) in [5.41, 5.74) is 1.72. The predicted octanol–water partition coefficient (Wildman–Crippen LogP) is 2.32. The van der Waals surface area contributed by atoms with Crippen LogP contribution in [0, 0.1) is 0 Å². The van der Waals surface area contributed by atoms with Crippen LogP contribution in [0.15, 0.2) is 35.3 Å². The largest absolute Gasteiger partial charge is 0.493 e. The van der Waals surface area contributed by atoms with Gasteiger partial charge in [0, 0.05) is 37.1 Å². The van der Waals surface area contributed by atoms with E-state index in [9.17, 15) is 4.79 Å². The Kier molecular flexibility index (Phi) is 4.16. The molecule has 0 saturated heterocycles. The molecule has 1 aliphatic heterocycles. The third kappa shape index (κ3) is 2.74. The number of nitrogens with zero attached hydrogens (tertiary/aromatic N) is 3. The first-order valence-electron chi connectivity index (χ1n) is 8.64. The van der Waals surface area contributed by atoms with Crippen LogP contribution in [-0.4, -0.2) is 40.2 Å². The molecule has 0 aliphatic carbocycles. The molecular formula is C19H22N4O3. The first-order valence-corrected chi connectivity index (χ1v) is 8.64. The Bertz CT molecular complexity index is 1010. The molecule has 0 amide bonds. The van der Waals surface area contributed by atoms with Crippen molar-refractivity contribution in [2.75, 3.05) is 20.8 Å². The van der Waals surface area contributed by atoms with E-state index in [-0.39, 0.29) is 11.6 Å². The zero-order chi connectivity index (χ0) is 18.3. The number of aromatic amines is 1. The van der Waals surface area contributed by atoms with Crippen molar-refractivity contribution in [1.82, 2.24) is 19.4 Å². The average molecular weight is 354 g/mol. The molecule has 1 aliphatic rings. The van der Waals surface area contributed by atoms with Gasteiger partial charge in [-0.3, -0.25) is 9.69 Å². The van der Waals surface area contributed by atoms with Crippen molar-refractivity contribution in [2.24, 2.45) is 0 Å². The van der Waals surface area contributed by atoms with E-state index in [1.165, 1.54) is 5.69 Å². The first-order chi connectivity index (χ1) is 12.6. The number of hydrogen-bond donors (Lipinski definition) is 1. The van der Waals surface area contributed by atoms with E-state index in [1.54, 1.807) is 26.4 Å². The fourth-order valence-corrected chi connectivity index (χ4v) is 3.62. The van der Waals surface area contributed by atoms with Gasteiger partial charge in [-0.1, -0.05) is 0 Å². The zero-order valence-corrected chi connectivity index (χ0v) is 15.2. The third-order valence-corrected chi connectivity index (χ3v) is 5.08. The number of ether oxygens (including phenoxy) is 2. The highest BCUT2D eigenvalue weighted by molar-refractivity contribution is 5.81. The van der Waals surface area contributed by atoms with E-state index in [0.29, 0.717) is 34.8 Å². The maximum atomic E-state index is 12.5. The number of hydrogen-bond acceptors (Lipinski definition) is 5. The van der Waals surface area contributed by atoms with E-state index in [0.717, 1.165) is 13.1 Å². The lowest BCUT2D eigenvalue weighted by atomic mass is 10.1. The molecule has 0 fully saturated rings. The van der Waals surface area contributed by atoms with Crippen molar-refractivity contribution in [1.29, 1.82) is 0 Å². The quantitative estimate of drug-likeness (QED) is 0.778. The second-order valence-corrected chi connectivity index (χ2v) is 6.51. The monoisotopic (exact) mass is 354 g/mol. The lowest BCUT2D eigenvalue weighted by Gasteiger charge is -2.34. The molecule has 3 heterocycles. The standard InChI is InChI=1S/C19H22N4O3/c1-12-15-5-4-6-22(15)7-8-23(12)11-18-20-14-10-17(26-3)16(25-2)9-13(14)19(24)21-18/h4-6,9-10,12H,7-8,11H2,1-3H3,(H,20,21,24)/t12-/m0/s1. The third-order valence-electron chi connectivity index (χ3n) is 5.08. The van der Waals surface area contributed by atoms with E-state index in [4.69, 9.17) is 9.47 Å². The van der Waals surface area contributed by atoms with Crippen molar-refractivity contribution in [3.05, 3.63) is 52.3 Å². The second kappa shape index (κ2) is 6.49. The van der Waals surface area contributed by atoms with Gasteiger partial charge in [-0.2, -0.15) is 0 Å². The van der Waals surface area contributed by atoms with Gasteiger partial charge in [-0.15, -0.1) is 0 Å². The fourth-order valence-electron chi connectivity index (χ4n) is 3.62. The van der Waals surface area contributed by atoms with Crippen LogP contribution in [0.4, 0.5) is 0 Å². The molecule has 0 saturated carbocycles. The second-order valence-electron chi connectivity index (χ2n) is 6.51. The number of nitrogens with one attached hydrogen (secondary N) is 1. The normalized spacial score (nSPS) is 17.3. The molecule has 0 bridgehead atoms. The predicted molar refractivity (Wildman–Crippen MR) is 98.7 cm³/mol. The molecule has 26 heavy (non-hydrogen) atoms. The molecule has 0 unspecified atom stereocenters. The van der Waals surface area contributed by atoms with Crippen molar-refractivity contribution < 1.29 is 9.47 Å².